The number of para-hydroxylation sites is 1. The van der Waals surface area contributed by atoms with Crippen LogP contribution in [-0.2, 0) is 10.0 Å². The number of likely N-dealkylation sites (N-methyl/N-ethyl adjacent to an activating group) is 1. The van der Waals surface area contributed by atoms with Crippen LogP contribution < -0.4 is 10.0 Å². The molecule has 2 rings (SSSR count). The van der Waals surface area contributed by atoms with E-state index in [9.17, 15) is 8.42 Å². The molecule has 1 atom stereocenters. The third kappa shape index (κ3) is 3.26. The second-order valence-electron chi connectivity index (χ2n) is 4.87. The Morgan fingerprint density at radius 2 is 2.11 bits per heavy atom. The standard InChI is InChI=1S/C13H21N3O2S/c1-14-12-7-3-4-8-13(12)19(17,18)15-10-11-6-5-9-16(11)2/h3-4,7-8,11,14-15H,5-6,9-10H2,1-2H3. The molecule has 106 valence electrons. The number of hydrogen-bond donors (Lipinski definition) is 2. The first-order chi connectivity index (χ1) is 9.04. The Morgan fingerprint density at radius 1 is 1.37 bits per heavy atom. The molecule has 1 aromatic rings. The van der Waals surface area contributed by atoms with E-state index in [1.807, 2.05) is 13.1 Å². The molecule has 1 aromatic carbocycles. The van der Waals surface area contributed by atoms with Crippen LogP contribution in [0.2, 0.25) is 0 Å². The first-order valence-electron chi connectivity index (χ1n) is 6.51. The van der Waals surface area contributed by atoms with E-state index in [0.29, 0.717) is 23.2 Å². The smallest absolute Gasteiger partial charge is 0.242 e. The molecule has 1 unspecified atom stereocenters. The summed E-state index contributed by atoms with van der Waals surface area (Å²) >= 11 is 0. The van der Waals surface area contributed by atoms with Gasteiger partial charge in [-0.05, 0) is 38.6 Å². The second-order valence-corrected chi connectivity index (χ2v) is 6.61. The quantitative estimate of drug-likeness (QED) is 0.849. The molecule has 1 aliphatic rings. The fourth-order valence-corrected chi connectivity index (χ4v) is 3.71. The van der Waals surface area contributed by atoms with Gasteiger partial charge in [0.15, 0.2) is 0 Å². The number of sulfonamides is 1. The summed E-state index contributed by atoms with van der Waals surface area (Å²) in [7, 11) is 0.303. The largest absolute Gasteiger partial charge is 0.387 e. The molecule has 0 amide bonds. The molecule has 1 saturated heterocycles. The SMILES string of the molecule is CNc1ccccc1S(=O)(=O)NCC1CCCN1C. The summed E-state index contributed by atoms with van der Waals surface area (Å²) in [6, 6.07) is 7.23. The molecule has 0 bridgehead atoms. The highest BCUT2D eigenvalue weighted by Crippen LogP contribution is 2.20. The Hall–Kier alpha value is -1.11. The molecule has 1 aliphatic heterocycles. The maximum Gasteiger partial charge on any atom is 0.242 e. The van der Waals surface area contributed by atoms with Crippen LogP contribution in [0.1, 0.15) is 12.8 Å². The number of likely N-dealkylation sites (tertiary alicyclic amines) is 1. The van der Waals surface area contributed by atoms with Crippen molar-refractivity contribution in [3.63, 3.8) is 0 Å². The van der Waals surface area contributed by atoms with Crippen LogP contribution in [0.15, 0.2) is 29.2 Å². The van der Waals surface area contributed by atoms with Gasteiger partial charge < -0.3 is 10.2 Å². The van der Waals surface area contributed by atoms with E-state index in [4.69, 9.17) is 0 Å². The number of rotatable bonds is 5. The zero-order valence-electron chi connectivity index (χ0n) is 11.4. The maximum absolute atomic E-state index is 12.3. The maximum atomic E-state index is 12.3. The van der Waals surface area contributed by atoms with Crippen LogP contribution in [0.5, 0.6) is 0 Å². The van der Waals surface area contributed by atoms with E-state index in [1.54, 1.807) is 25.2 Å². The molecular weight excluding hydrogens is 262 g/mol. The lowest BCUT2D eigenvalue weighted by molar-refractivity contribution is 0.311. The minimum atomic E-state index is -3.45. The summed E-state index contributed by atoms with van der Waals surface area (Å²) < 4.78 is 27.3. The van der Waals surface area contributed by atoms with Crippen molar-refractivity contribution in [2.45, 2.75) is 23.8 Å². The number of hydrogen-bond acceptors (Lipinski definition) is 4. The molecule has 2 N–H and O–H groups in total. The van der Waals surface area contributed by atoms with Crippen molar-refractivity contribution < 1.29 is 8.42 Å². The van der Waals surface area contributed by atoms with E-state index in [-0.39, 0.29) is 0 Å². The lowest BCUT2D eigenvalue weighted by Gasteiger charge is -2.20. The predicted octanol–water partition coefficient (Wildman–Crippen LogP) is 1.10. The molecule has 0 aliphatic carbocycles. The summed E-state index contributed by atoms with van der Waals surface area (Å²) in [5, 5.41) is 2.91. The third-order valence-electron chi connectivity index (χ3n) is 3.63. The van der Waals surface area contributed by atoms with Gasteiger partial charge in [0.1, 0.15) is 4.90 Å². The number of nitrogens with one attached hydrogen (secondary N) is 2. The predicted molar refractivity (Wildman–Crippen MR) is 76.8 cm³/mol. The Labute approximate surface area is 115 Å². The Balaban J connectivity index is 2.09. The zero-order valence-corrected chi connectivity index (χ0v) is 12.2. The van der Waals surface area contributed by atoms with Gasteiger partial charge in [-0.2, -0.15) is 0 Å². The molecule has 5 nitrogen and oxygen atoms in total. The highest BCUT2D eigenvalue weighted by molar-refractivity contribution is 7.89. The van der Waals surface area contributed by atoms with Crippen molar-refractivity contribution in [2.24, 2.45) is 0 Å². The highest BCUT2D eigenvalue weighted by Gasteiger charge is 2.24. The third-order valence-corrected chi connectivity index (χ3v) is 5.11. The van der Waals surface area contributed by atoms with Crippen LogP contribution in [0.3, 0.4) is 0 Å². The van der Waals surface area contributed by atoms with Crippen LogP contribution in [0.4, 0.5) is 5.69 Å². The first-order valence-corrected chi connectivity index (χ1v) is 7.99. The number of nitrogens with zero attached hydrogens (tertiary/aromatic N) is 1. The summed E-state index contributed by atoms with van der Waals surface area (Å²) in [5.41, 5.74) is 0.620. The average Bonchev–Trinajstić information content (AvgIpc) is 2.82. The number of benzene rings is 1. The van der Waals surface area contributed by atoms with Gasteiger partial charge in [-0.1, -0.05) is 12.1 Å². The second kappa shape index (κ2) is 5.90. The summed E-state index contributed by atoms with van der Waals surface area (Å²) in [6.45, 7) is 1.51. The van der Waals surface area contributed by atoms with E-state index in [2.05, 4.69) is 14.9 Å². The van der Waals surface area contributed by atoms with Crippen LogP contribution in [0, 0.1) is 0 Å². The average molecular weight is 283 g/mol. The topological polar surface area (TPSA) is 61.4 Å². The van der Waals surface area contributed by atoms with Crippen LogP contribution in [-0.4, -0.2) is 46.5 Å². The number of anilines is 1. The Morgan fingerprint density at radius 3 is 2.74 bits per heavy atom. The molecule has 6 heteroatoms. The van der Waals surface area contributed by atoms with Gasteiger partial charge in [-0.15, -0.1) is 0 Å². The summed E-state index contributed by atoms with van der Waals surface area (Å²) in [4.78, 5) is 2.50. The molecular formula is C13H21N3O2S. The monoisotopic (exact) mass is 283 g/mol. The van der Waals surface area contributed by atoms with E-state index < -0.39 is 10.0 Å². The fraction of sp³-hybridized carbons (Fsp3) is 0.538. The highest BCUT2D eigenvalue weighted by atomic mass is 32.2. The minimum absolute atomic E-state index is 0.302. The first kappa shape index (κ1) is 14.3. The Kier molecular flexibility index (Phi) is 4.44. The molecule has 0 radical (unpaired) electrons. The molecule has 0 aromatic heterocycles. The van der Waals surface area contributed by atoms with Crippen molar-refractivity contribution >= 4 is 15.7 Å². The van der Waals surface area contributed by atoms with Gasteiger partial charge in [0.2, 0.25) is 10.0 Å². The van der Waals surface area contributed by atoms with Gasteiger partial charge in [-0.3, -0.25) is 0 Å². The van der Waals surface area contributed by atoms with Crippen molar-refractivity contribution in [3.8, 4) is 0 Å². The van der Waals surface area contributed by atoms with Crippen molar-refractivity contribution in [3.05, 3.63) is 24.3 Å². The normalized spacial score (nSPS) is 20.6. The Bertz CT molecular complexity index is 530. The van der Waals surface area contributed by atoms with E-state index in [0.717, 1.165) is 19.4 Å². The summed E-state index contributed by atoms with van der Waals surface area (Å²) in [5.74, 6) is 0. The minimum Gasteiger partial charge on any atom is -0.387 e. The van der Waals surface area contributed by atoms with Crippen molar-refractivity contribution in [2.75, 3.05) is 32.5 Å². The van der Waals surface area contributed by atoms with Gasteiger partial charge in [0.05, 0.1) is 5.69 Å². The fourth-order valence-electron chi connectivity index (χ4n) is 2.43. The van der Waals surface area contributed by atoms with E-state index in [1.165, 1.54) is 0 Å². The lowest BCUT2D eigenvalue weighted by atomic mass is 10.2. The van der Waals surface area contributed by atoms with Gasteiger partial charge in [-0.25, -0.2) is 13.1 Å². The molecule has 1 heterocycles. The van der Waals surface area contributed by atoms with E-state index >= 15 is 0 Å². The van der Waals surface area contributed by atoms with Gasteiger partial charge in [0.25, 0.3) is 0 Å². The molecule has 1 fully saturated rings. The molecule has 0 saturated carbocycles. The molecule has 0 spiro atoms. The molecule has 19 heavy (non-hydrogen) atoms. The van der Waals surface area contributed by atoms with Crippen molar-refractivity contribution in [1.82, 2.24) is 9.62 Å². The van der Waals surface area contributed by atoms with Gasteiger partial charge in [0, 0.05) is 19.6 Å². The summed E-state index contributed by atoms with van der Waals surface area (Å²) in [6.07, 6.45) is 2.18. The zero-order chi connectivity index (χ0) is 13.9. The van der Waals surface area contributed by atoms with Crippen molar-refractivity contribution in [1.29, 1.82) is 0 Å². The van der Waals surface area contributed by atoms with Gasteiger partial charge >= 0.3 is 0 Å². The lowest BCUT2D eigenvalue weighted by Crippen LogP contribution is -2.38. The van der Waals surface area contributed by atoms with Crippen LogP contribution >= 0.6 is 0 Å². The van der Waals surface area contributed by atoms with Crippen LogP contribution in [0.25, 0.3) is 0 Å².